The summed E-state index contributed by atoms with van der Waals surface area (Å²) in [4.78, 5) is 6.70. The Bertz CT molecular complexity index is 932. The van der Waals surface area contributed by atoms with Crippen molar-refractivity contribution in [3.8, 4) is 0 Å². The van der Waals surface area contributed by atoms with Gasteiger partial charge < -0.3 is 15.3 Å². The third-order valence-corrected chi connectivity index (χ3v) is 4.66. The Kier molecular flexibility index (Phi) is 3.64. The zero-order valence-electron chi connectivity index (χ0n) is 13.3. The van der Waals surface area contributed by atoms with Gasteiger partial charge in [-0.3, -0.25) is 0 Å². The van der Waals surface area contributed by atoms with Gasteiger partial charge in [-0.15, -0.1) is 0 Å². The molecule has 116 valence electrons. The fraction of sp³-hybridized carbons (Fsp3) is 0.200. The minimum atomic E-state index is 0.379. The lowest BCUT2D eigenvalue weighted by Gasteiger charge is -2.19. The Hall–Kier alpha value is -2.52. The molecule has 0 bridgehead atoms. The molecule has 0 spiro atoms. The Morgan fingerprint density at radius 1 is 0.957 bits per heavy atom. The highest BCUT2D eigenvalue weighted by Gasteiger charge is 2.17. The van der Waals surface area contributed by atoms with Crippen LogP contribution < -0.4 is 5.32 Å². The van der Waals surface area contributed by atoms with Crippen LogP contribution in [0.5, 0.6) is 0 Å². The molecule has 4 rings (SSSR count). The van der Waals surface area contributed by atoms with Crippen molar-refractivity contribution < 1.29 is 0 Å². The van der Waals surface area contributed by atoms with E-state index in [-0.39, 0.29) is 0 Å². The zero-order chi connectivity index (χ0) is 15.6. The molecular formula is C20H21N3. The summed E-state index contributed by atoms with van der Waals surface area (Å²) in [5.41, 5.74) is 5.19. The van der Waals surface area contributed by atoms with Gasteiger partial charge in [0.2, 0.25) is 0 Å². The van der Waals surface area contributed by atoms with Crippen molar-refractivity contribution in [3.05, 3.63) is 72.1 Å². The van der Waals surface area contributed by atoms with Gasteiger partial charge in [0.15, 0.2) is 0 Å². The lowest BCUT2D eigenvalue weighted by atomic mass is 9.87. The summed E-state index contributed by atoms with van der Waals surface area (Å²) in [7, 11) is 2.02. The Morgan fingerprint density at radius 2 is 1.83 bits per heavy atom. The molecule has 0 saturated carbocycles. The molecule has 23 heavy (non-hydrogen) atoms. The van der Waals surface area contributed by atoms with Crippen LogP contribution in [-0.4, -0.2) is 23.6 Å². The maximum atomic E-state index is 3.42. The van der Waals surface area contributed by atoms with Gasteiger partial charge in [0.1, 0.15) is 0 Å². The maximum Gasteiger partial charge on any atom is 0.0492 e. The van der Waals surface area contributed by atoms with Gasteiger partial charge in [0.05, 0.1) is 0 Å². The van der Waals surface area contributed by atoms with Crippen LogP contribution in [0.15, 0.2) is 60.9 Å². The molecular weight excluding hydrogens is 282 g/mol. The van der Waals surface area contributed by atoms with E-state index in [1.54, 1.807) is 0 Å². The molecule has 0 aliphatic carbocycles. The fourth-order valence-electron chi connectivity index (χ4n) is 3.48. The average molecular weight is 303 g/mol. The van der Waals surface area contributed by atoms with Crippen molar-refractivity contribution in [1.82, 2.24) is 15.3 Å². The van der Waals surface area contributed by atoms with E-state index in [4.69, 9.17) is 0 Å². The van der Waals surface area contributed by atoms with E-state index in [9.17, 15) is 0 Å². The fourth-order valence-corrected chi connectivity index (χ4v) is 3.48. The predicted molar refractivity (Wildman–Crippen MR) is 97.0 cm³/mol. The summed E-state index contributed by atoms with van der Waals surface area (Å²) in [5, 5.41) is 5.85. The standard InChI is InChI=1S/C20H21N3/c1-21-10-9-17(15-5-6-19-16(13-15)8-11-22-19)18-4-2-3-14-7-12-23-20(14)18/h2-8,11-13,17,21-23H,9-10H2,1H3. The van der Waals surface area contributed by atoms with Crippen molar-refractivity contribution in [2.24, 2.45) is 0 Å². The topological polar surface area (TPSA) is 43.6 Å². The third kappa shape index (κ3) is 2.53. The molecule has 0 radical (unpaired) electrons. The summed E-state index contributed by atoms with van der Waals surface area (Å²) >= 11 is 0. The molecule has 3 heteroatoms. The molecule has 4 aromatic rings. The Balaban J connectivity index is 1.84. The summed E-state index contributed by atoms with van der Waals surface area (Å²) in [6, 6.07) is 17.6. The molecule has 3 nitrogen and oxygen atoms in total. The first-order chi connectivity index (χ1) is 11.4. The molecule has 0 fully saturated rings. The van der Waals surface area contributed by atoms with Crippen molar-refractivity contribution in [2.45, 2.75) is 12.3 Å². The minimum absolute atomic E-state index is 0.379. The molecule has 2 heterocycles. The number of benzene rings is 2. The van der Waals surface area contributed by atoms with Crippen molar-refractivity contribution >= 4 is 21.8 Å². The van der Waals surface area contributed by atoms with Crippen LogP contribution in [0.25, 0.3) is 21.8 Å². The Labute approximate surface area is 135 Å². The molecule has 2 aromatic carbocycles. The molecule has 0 amide bonds. The van der Waals surface area contributed by atoms with E-state index in [2.05, 4.69) is 63.8 Å². The monoisotopic (exact) mass is 303 g/mol. The molecule has 0 aliphatic heterocycles. The van der Waals surface area contributed by atoms with Gasteiger partial charge in [-0.05, 0) is 66.2 Å². The number of aromatic nitrogens is 2. The second-order valence-corrected chi connectivity index (χ2v) is 6.06. The normalized spacial score (nSPS) is 12.9. The number of aromatic amines is 2. The summed E-state index contributed by atoms with van der Waals surface area (Å²) in [6.07, 6.45) is 5.10. The van der Waals surface area contributed by atoms with Gasteiger partial charge in [-0.25, -0.2) is 0 Å². The highest BCUT2D eigenvalue weighted by Crippen LogP contribution is 2.33. The SMILES string of the molecule is CNCCC(c1ccc2[nH]ccc2c1)c1cccc2cc[nH]c12. The number of hydrogen-bond donors (Lipinski definition) is 3. The molecule has 0 aliphatic rings. The first kappa shape index (κ1) is 14.1. The first-order valence-corrected chi connectivity index (χ1v) is 8.14. The zero-order valence-corrected chi connectivity index (χ0v) is 13.3. The van der Waals surface area contributed by atoms with Gasteiger partial charge in [0, 0.05) is 29.3 Å². The molecule has 1 unspecified atom stereocenters. The third-order valence-electron chi connectivity index (χ3n) is 4.66. The molecule has 3 N–H and O–H groups in total. The van der Waals surface area contributed by atoms with E-state index in [0.29, 0.717) is 5.92 Å². The number of hydrogen-bond acceptors (Lipinski definition) is 1. The minimum Gasteiger partial charge on any atom is -0.361 e. The van der Waals surface area contributed by atoms with Crippen LogP contribution in [0.4, 0.5) is 0 Å². The van der Waals surface area contributed by atoms with E-state index in [1.165, 1.54) is 32.9 Å². The summed E-state index contributed by atoms with van der Waals surface area (Å²) in [6.45, 7) is 0.993. The van der Waals surface area contributed by atoms with Gasteiger partial charge in [0.25, 0.3) is 0 Å². The lowest BCUT2D eigenvalue weighted by Crippen LogP contribution is -2.13. The van der Waals surface area contributed by atoms with Gasteiger partial charge in [-0.2, -0.15) is 0 Å². The van der Waals surface area contributed by atoms with Crippen LogP contribution in [0, 0.1) is 0 Å². The van der Waals surface area contributed by atoms with Crippen molar-refractivity contribution in [3.63, 3.8) is 0 Å². The number of rotatable bonds is 5. The average Bonchev–Trinajstić information content (AvgIpc) is 3.23. The van der Waals surface area contributed by atoms with Crippen LogP contribution in [0.1, 0.15) is 23.5 Å². The van der Waals surface area contributed by atoms with Crippen molar-refractivity contribution in [1.29, 1.82) is 0 Å². The van der Waals surface area contributed by atoms with Gasteiger partial charge >= 0.3 is 0 Å². The Morgan fingerprint density at radius 3 is 2.74 bits per heavy atom. The maximum absolute atomic E-state index is 3.42. The number of para-hydroxylation sites is 1. The smallest absolute Gasteiger partial charge is 0.0492 e. The highest BCUT2D eigenvalue weighted by molar-refractivity contribution is 5.84. The quantitative estimate of drug-likeness (QED) is 0.503. The first-order valence-electron chi connectivity index (χ1n) is 8.14. The second kappa shape index (κ2) is 5.94. The van der Waals surface area contributed by atoms with E-state index >= 15 is 0 Å². The lowest BCUT2D eigenvalue weighted by molar-refractivity contribution is 0.664. The van der Waals surface area contributed by atoms with Crippen LogP contribution >= 0.6 is 0 Å². The summed E-state index contributed by atoms with van der Waals surface area (Å²) in [5.74, 6) is 0.379. The van der Waals surface area contributed by atoms with Crippen LogP contribution in [0.3, 0.4) is 0 Å². The highest BCUT2D eigenvalue weighted by atomic mass is 14.8. The van der Waals surface area contributed by atoms with E-state index in [1.807, 2.05) is 19.4 Å². The number of fused-ring (bicyclic) bond motifs is 2. The molecule has 2 aromatic heterocycles. The van der Waals surface area contributed by atoms with E-state index < -0.39 is 0 Å². The number of H-pyrrole nitrogens is 2. The van der Waals surface area contributed by atoms with Crippen LogP contribution in [-0.2, 0) is 0 Å². The van der Waals surface area contributed by atoms with Crippen LogP contribution in [0.2, 0.25) is 0 Å². The second-order valence-electron chi connectivity index (χ2n) is 6.06. The largest absolute Gasteiger partial charge is 0.361 e. The number of nitrogens with one attached hydrogen (secondary N) is 3. The summed E-state index contributed by atoms with van der Waals surface area (Å²) < 4.78 is 0. The van der Waals surface area contributed by atoms with E-state index in [0.717, 1.165) is 13.0 Å². The molecule has 1 atom stereocenters. The van der Waals surface area contributed by atoms with Crippen molar-refractivity contribution in [2.75, 3.05) is 13.6 Å². The molecule has 0 saturated heterocycles. The predicted octanol–water partition coefficient (Wildman–Crippen LogP) is 4.39. The van der Waals surface area contributed by atoms with Gasteiger partial charge in [-0.1, -0.05) is 24.3 Å².